The van der Waals surface area contributed by atoms with Crippen molar-refractivity contribution < 1.29 is 14.3 Å². The Morgan fingerprint density at radius 1 is 1.04 bits per heavy atom. The predicted molar refractivity (Wildman–Crippen MR) is 93.9 cm³/mol. The van der Waals surface area contributed by atoms with Crippen LogP contribution in [0, 0.1) is 0 Å². The summed E-state index contributed by atoms with van der Waals surface area (Å²) in [5.74, 6) is 0.326. The van der Waals surface area contributed by atoms with E-state index in [1.165, 1.54) is 17.8 Å². The topological polar surface area (TPSA) is 59.2 Å². The molecule has 0 fully saturated rings. The highest BCUT2D eigenvalue weighted by Crippen LogP contribution is 2.37. The van der Waals surface area contributed by atoms with Crippen molar-refractivity contribution >= 4 is 34.2 Å². The minimum absolute atomic E-state index is 0.141. The summed E-state index contributed by atoms with van der Waals surface area (Å²) in [6.07, 6.45) is 1.41. The molecule has 0 saturated carbocycles. The molecular weight excluding hydrogens is 322 g/mol. The fourth-order valence-electron chi connectivity index (χ4n) is 2.79. The Balaban J connectivity index is 1.82. The van der Waals surface area contributed by atoms with Gasteiger partial charge in [0.1, 0.15) is 5.75 Å². The number of ether oxygens (including phenoxy) is 1. The Bertz CT molecular complexity index is 1000. The number of benzene rings is 2. The van der Waals surface area contributed by atoms with Crippen molar-refractivity contribution in [2.45, 2.75) is 4.90 Å². The Hall–Kier alpha value is -2.79. The van der Waals surface area contributed by atoms with E-state index in [2.05, 4.69) is 4.98 Å². The second-order valence-corrected chi connectivity index (χ2v) is 6.52. The van der Waals surface area contributed by atoms with Gasteiger partial charge in [0.05, 0.1) is 23.3 Å². The molecule has 1 heterocycles. The number of Topliss-reactive ketones (excluding diaryl/α,β-unsaturated/α-hetero) is 1. The molecular formula is C19H13NO3S. The number of hydrogen-bond acceptors (Lipinski definition) is 4. The molecule has 0 radical (unpaired) electrons. The van der Waals surface area contributed by atoms with Crippen LogP contribution >= 0.6 is 11.8 Å². The van der Waals surface area contributed by atoms with Crippen LogP contribution in [0.4, 0.5) is 0 Å². The van der Waals surface area contributed by atoms with Crippen molar-refractivity contribution in [2.24, 2.45) is 0 Å². The number of nitrogens with one attached hydrogen (secondary N) is 1. The third-order valence-electron chi connectivity index (χ3n) is 3.94. The second-order valence-electron chi connectivity index (χ2n) is 5.40. The van der Waals surface area contributed by atoms with Crippen LogP contribution in [0.1, 0.15) is 20.8 Å². The molecule has 0 saturated heterocycles. The third-order valence-corrected chi connectivity index (χ3v) is 4.97. The molecule has 2 aromatic carbocycles. The van der Waals surface area contributed by atoms with Gasteiger partial charge in [0.15, 0.2) is 0 Å². The summed E-state index contributed by atoms with van der Waals surface area (Å²) in [5.41, 5.74) is 1.53. The first-order chi connectivity index (χ1) is 11.7. The number of allylic oxidation sites excluding steroid dienone is 2. The highest BCUT2D eigenvalue weighted by molar-refractivity contribution is 8.04. The average molecular weight is 335 g/mol. The van der Waals surface area contributed by atoms with Crippen LogP contribution in [0.2, 0.25) is 0 Å². The van der Waals surface area contributed by atoms with E-state index >= 15 is 0 Å². The number of carbonyl (C=O) groups is 2. The number of rotatable bonds is 3. The first-order valence-corrected chi connectivity index (χ1v) is 8.22. The number of aromatic nitrogens is 1. The lowest BCUT2D eigenvalue weighted by atomic mass is 9.99. The van der Waals surface area contributed by atoms with Gasteiger partial charge in [0.2, 0.25) is 11.6 Å². The molecule has 0 aliphatic heterocycles. The van der Waals surface area contributed by atoms with Crippen LogP contribution in [0.3, 0.4) is 0 Å². The predicted octanol–water partition coefficient (Wildman–Crippen LogP) is 4.23. The summed E-state index contributed by atoms with van der Waals surface area (Å²) in [6.45, 7) is 0. The van der Waals surface area contributed by atoms with Crippen LogP contribution in [0.15, 0.2) is 64.4 Å². The maximum Gasteiger partial charge on any atom is 0.204 e. The molecule has 4 rings (SSSR count). The molecule has 0 spiro atoms. The Morgan fingerprint density at radius 2 is 1.83 bits per heavy atom. The second kappa shape index (κ2) is 5.69. The van der Waals surface area contributed by atoms with E-state index in [1.54, 1.807) is 19.2 Å². The quantitative estimate of drug-likeness (QED) is 0.778. The van der Waals surface area contributed by atoms with Gasteiger partial charge in [0, 0.05) is 21.9 Å². The molecule has 3 aromatic rings. The Morgan fingerprint density at radius 3 is 2.58 bits per heavy atom. The molecule has 0 bridgehead atoms. The van der Waals surface area contributed by atoms with E-state index in [0.29, 0.717) is 27.3 Å². The van der Waals surface area contributed by atoms with Gasteiger partial charge in [-0.3, -0.25) is 9.59 Å². The molecule has 24 heavy (non-hydrogen) atoms. The Labute approximate surface area is 142 Å². The maximum atomic E-state index is 12.9. The number of carbonyl (C=O) groups excluding carboxylic acids is 2. The average Bonchev–Trinajstić information content (AvgIpc) is 2.99. The lowest BCUT2D eigenvalue weighted by Crippen LogP contribution is -2.14. The summed E-state index contributed by atoms with van der Waals surface area (Å²) in [7, 11) is 1.57. The van der Waals surface area contributed by atoms with E-state index < -0.39 is 0 Å². The van der Waals surface area contributed by atoms with Gasteiger partial charge >= 0.3 is 0 Å². The van der Waals surface area contributed by atoms with Gasteiger partial charge in [-0.05, 0) is 30.3 Å². The van der Waals surface area contributed by atoms with Crippen LogP contribution in [-0.2, 0) is 0 Å². The van der Waals surface area contributed by atoms with E-state index in [4.69, 9.17) is 4.74 Å². The highest BCUT2D eigenvalue weighted by atomic mass is 32.2. The molecule has 1 aliphatic rings. The third kappa shape index (κ3) is 2.34. The maximum absolute atomic E-state index is 12.9. The summed E-state index contributed by atoms with van der Waals surface area (Å²) >= 11 is 1.31. The van der Waals surface area contributed by atoms with Crippen molar-refractivity contribution in [3.63, 3.8) is 0 Å². The van der Waals surface area contributed by atoms with Crippen molar-refractivity contribution in [3.05, 3.63) is 70.8 Å². The number of thioether (sulfide) groups is 1. The number of methoxy groups -OCH3 is 1. The molecule has 0 amide bonds. The molecule has 118 valence electrons. The normalized spacial score (nSPS) is 13.8. The minimum Gasteiger partial charge on any atom is -0.497 e. The number of ketones is 2. The van der Waals surface area contributed by atoms with Gasteiger partial charge in [0.25, 0.3) is 0 Å². The SMILES string of the molecule is COc1ccc2[nH]c3c(c2c1)C(=O)C(Sc1ccccc1)=CC3=O. The number of H-pyrrole nitrogens is 1. The lowest BCUT2D eigenvalue weighted by molar-refractivity contribution is 0.0990. The zero-order valence-corrected chi connectivity index (χ0v) is 13.6. The van der Waals surface area contributed by atoms with E-state index in [1.807, 2.05) is 36.4 Å². The molecule has 1 N–H and O–H groups in total. The first kappa shape index (κ1) is 14.8. The first-order valence-electron chi connectivity index (χ1n) is 7.40. The van der Waals surface area contributed by atoms with Crippen LogP contribution in [0.25, 0.3) is 10.9 Å². The molecule has 1 aliphatic carbocycles. The minimum atomic E-state index is -0.182. The van der Waals surface area contributed by atoms with Gasteiger partial charge < -0.3 is 9.72 Å². The van der Waals surface area contributed by atoms with E-state index in [-0.39, 0.29) is 11.6 Å². The zero-order chi connectivity index (χ0) is 16.7. The van der Waals surface area contributed by atoms with Crippen molar-refractivity contribution in [2.75, 3.05) is 7.11 Å². The largest absolute Gasteiger partial charge is 0.497 e. The van der Waals surface area contributed by atoms with E-state index in [9.17, 15) is 9.59 Å². The van der Waals surface area contributed by atoms with Crippen molar-refractivity contribution in [1.82, 2.24) is 4.98 Å². The van der Waals surface area contributed by atoms with Crippen molar-refractivity contribution in [3.8, 4) is 5.75 Å². The highest BCUT2D eigenvalue weighted by Gasteiger charge is 2.30. The van der Waals surface area contributed by atoms with Crippen LogP contribution in [0.5, 0.6) is 5.75 Å². The summed E-state index contributed by atoms with van der Waals surface area (Å²) < 4.78 is 5.24. The molecule has 5 heteroatoms. The molecule has 0 unspecified atom stereocenters. The van der Waals surface area contributed by atoms with Crippen LogP contribution in [-0.4, -0.2) is 23.7 Å². The monoisotopic (exact) mass is 335 g/mol. The number of hydrogen-bond donors (Lipinski definition) is 1. The summed E-state index contributed by atoms with van der Waals surface area (Å²) in [6, 6.07) is 14.9. The van der Waals surface area contributed by atoms with Gasteiger partial charge in [-0.15, -0.1) is 0 Å². The van der Waals surface area contributed by atoms with Gasteiger partial charge in [-0.25, -0.2) is 0 Å². The molecule has 4 nitrogen and oxygen atoms in total. The van der Waals surface area contributed by atoms with Gasteiger partial charge in [-0.2, -0.15) is 0 Å². The fraction of sp³-hybridized carbons (Fsp3) is 0.0526. The van der Waals surface area contributed by atoms with Gasteiger partial charge in [-0.1, -0.05) is 30.0 Å². The van der Waals surface area contributed by atoms with E-state index in [0.717, 1.165) is 10.4 Å². The van der Waals surface area contributed by atoms with Crippen LogP contribution < -0.4 is 4.74 Å². The lowest BCUT2D eigenvalue weighted by Gasteiger charge is -2.12. The fourth-order valence-corrected chi connectivity index (χ4v) is 3.70. The molecule has 1 aromatic heterocycles. The summed E-state index contributed by atoms with van der Waals surface area (Å²) in [4.78, 5) is 29.8. The number of aromatic amines is 1. The number of fused-ring (bicyclic) bond motifs is 3. The molecule has 0 atom stereocenters. The zero-order valence-electron chi connectivity index (χ0n) is 12.8. The van der Waals surface area contributed by atoms with Crippen molar-refractivity contribution in [1.29, 1.82) is 0 Å². The standard InChI is InChI=1S/C19H13NO3S/c1-23-11-7-8-14-13(9-11)17-18(20-14)15(21)10-16(19(17)22)24-12-5-3-2-4-6-12/h2-10,20H,1H3. The Kier molecular flexibility index (Phi) is 3.50. The summed E-state index contributed by atoms with van der Waals surface area (Å²) in [5, 5.41) is 0.710. The smallest absolute Gasteiger partial charge is 0.204 e.